The summed E-state index contributed by atoms with van der Waals surface area (Å²) in [7, 11) is 0. The largest absolute Gasteiger partial charge is 0.381 e. The number of nitrogens with zero attached hydrogens (tertiary/aromatic N) is 2. The van der Waals surface area contributed by atoms with Gasteiger partial charge in [-0.15, -0.1) is 0 Å². The molecule has 2 saturated heterocycles. The minimum absolute atomic E-state index is 0.239. The topological polar surface area (TPSA) is 42.4 Å². The van der Waals surface area contributed by atoms with Crippen molar-refractivity contribution in [3.05, 3.63) is 77.9 Å². The Hall–Kier alpha value is -2.79. The van der Waals surface area contributed by atoms with Crippen LogP contribution in [0.5, 0.6) is 0 Å². The van der Waals surface area contributed by atoms with Crippen LogP contribution in [0.3, 0.4) is 0 Å². The summed E-state index contributed by atoms with van der Waals surface area (Å²) in [6.45, 7) is 2.86. The zero-order valence-electron chi connectivity index (χ0n) is 19.7. The first-order chi connectivity index (χ1) is 16.6. The zero-order chi connectivity index (χ0) is 23.4. The van der Waals surface area contributed by atoms with Gasteiger partial charge in [0.15, 0.2) is 0 Å². The van der Waals surface area contributed by atoms with Gasteiger partial charge in [0.2, 0.25) is 5.91 Å². The summed E-state index contributed by atoms with van der Waals surface area (Å²) in [5, 5.41) is 2.41. The predicted molar refractivity (Wildman–Crippen MR) is 132 cm³/mol. The molecule has 0 N–H and O–H groups in total. The fraction of sp³-hybridized carbons (Fsp3) is 0.448. The maximum absolute atomic E-state index is 13.9. The summed E-state index contributed by atoms with van der Waals surface area (Å²) < 4.78 is 19.0. The molecule has 2 fully saturated rings. The molecule has 34 heavy (non-hydrogen) atoms. The van der Waals surface area contributed by atoms with Crippen molar-refractivity contribution in [2.24, 2.45) is 11.3 Å². The van der Waals surface area contributed by atoms with Gasteiger partial charge in [0.1, 0.15) is 5.82 Å². The second kappa shape index (κ2) is 10.2. The summed E-state index contributed by atoms with van der Waals surface area (Å²) in [5.74, 6) is 0.601. The van der Waals surface area contributed by atoms with Gasteiger partial charge in [0.05, 0.1) is 5.41 Å². The SMILES string of the molecule is O=C(N1CCCC(Cc2ccc3ccncc3c2)CC1)C1(Cc2ccc(F)cc2)CCOCC1. The third-order valence-electron chi connectivity index (χ3n) is 7.72. The van der Waals surface area contributed by atoms with E-state index in [0.717, 1.165) is 57.2 Å². The summed E-state index contributed by atoms with van der Waals surface area (Å²) in [6, 6.07) is 15.3. The number of benzene rings is 2. The predicted octanol–water partition coefficient (Wildman–Crippen LogP) is 5.58. The van der Waals surface area contributed by atoms with Crippen molar-refractivity contribution in [3.8, 4) is 0 Å². The van der Waals surface area contributed by atoms with Gasteiger partial charge in [-0.1, -0.05) is 24.3 Å². The van der Waals surface area contributed by atoms with E-state index in [4.69, 9.17) is 4.74 Å². The number of ether oxygens (including phenoxy) is 1. The fourth-order valence-electron chi connectivity index (χ4n) is 5.72. The lowest BCUT2D eigenvalue weighted by molar-refractivity contribution is -0.148. The Kier molecular flexibility index (Phi) is 6.91. The van der Waals surface area contributed by atoms with Gasteiger partial charge in [-0.05, 0) is 91.6 Å². The Morgan fingerprint density at radius 3 is 2.62 bits per heavy atom. The van der Waals surface area contributed by atoms with Crippen molar-refractivity contribution in [2.45, 2.75) is 44.9 Å². The number of aromatic nitrogens is 1. The van der Waals surface area contributed by atoms with Crippen molar-refractivity contribution in [1.29, 1.82) is 0 Å². The Morgan fingerprint density at radius 2 is 1.79 bits per heavy atom. The van der Waals surface area contributed by atoms with E-state index >= 15 is 0 Å². The summed E-state index contributed by atoms with van der Waals surface area (Å²) in [5.41, 5.74) is 1.93. The highest BCUT2D eigenvalue weighted by atomic mass is 19.1. The van der Waals surface area contributed by atoms with Gasteiger partial charge in [-0.25, -0.2) is 4.39 Å². The lowest BCUT2D eigenvalue weighted by atomic mass is 9.74. The third-order valence-corrected chi connectivity index (χ3v) is 7.72. The quantitative estimate of drug-likeness (QED) is 0.499. The van der Waals surface area contributed by atoms with Gasteiger partial charge in [-0.3, -0.25) is 9.78 Å². The molecule has 0 spiro atoms. The molecule has 178 valence electrons. The number of rotatable bonds is 5. The Bertz CT molecular complexity index is 1120. The van der Waals surface area contributed by atoms with E-state index in [2.05, 4.69) is 28.1 Å². The van der Waals surface area contributed by atoms with E-state index in [0.29, 0.717) is 25.6 Å². The Labute approximate surface area is 201 Å². The van der Waals surface area contributed by atoms with Crippen LogP contribution in [0.1, 0.15) is 43.2 Å². The number of hydrogen-bond donors (Lipinski definition) is 0. The highest BCUT2D eigenvalue weighted by Crippen LogP contribution is 2.37. The normalized spacial score (nSPS) is 20.7. The third kappa shape index (κ3) is 5.15. The molecule has 2 aromatic carbocycles. The molecule has 3 heterocycles. The van der Waals surface area contributed by atoms with Crippen LogP contribution in [0.25, 0.3) is 10.8 Å². The van der Waals surface area contributed by atoms with Crippen molar-refractivity contribution in [2.75, 3.05) is 26.3 Å². The van der Waals surface area contributed by atoms with Gasteiger partial charge < -0.3 is 9.64 Å². The number of amides is 1. The molecule has 5 heteroatoms. The molecule has 0 bridgehead atoms. The summed E-state index contributed by atoms with van der Waals surface area (Å²) >= 11 is 0. The van der Waals surface area contributed by atoms with Crippen LogP contribution < -0.4 is 0 Å². The van der Waals surface area contributed by atoms with Crippen LogP contribution in [0, 0.1) is 17.2 Å². The van der Waals surface area contributed by atoms with Crippen LogP contribution in [-0.2, 0) is 22.4 Å². The molecular formula is C29H33FN2O2. The lowest BCUT2D eigenvalue weighted by Crippen LogP contribution is -2.48. The highest BCUT2D eigenvalue weighted by Gasteiger charge is 2.42. The van der Waals surface area contributed by atoms with Crippen LogP contribution in [0.4, 0.5) is 4.39 Å². The number of halogens is 1. The second-order valence-electron chi connectivity index (χ2n) is 10.0. The summed E-state index contributed by atoms with van der Waals surface area (Å²) in [6.07, 6.45) is 10.1. The first kappa shape index (κ1) is 23.0. The number of carbonyl (C=O) groups is 1. The molecule has 3 aromatic rings. The van der Waals surface area contributed by atoms with Gasteiger partial charge in [0, 0.05) is 44.1 Å². The van der Waals surface area contributed by atoms with E-state index in [-0.39, 0.29) is 11.7 Å². The van der Waals surface area contributed by atoms with Crippen LogP contribution >= 0.6 is 0 Å². The van der Waals surface area contributed by atoms with E-state index in [1.165, 1.54) is 28.5 Å². The Morgan fingerprint density at radius 1 is 1.00 bits per heavy atom. The molecule has 1 atom stereocenters. The van der Waals surface area contributed by atoms with Crippen molar-refractivity contribution < 1.29 is 13.9 Å². The molecule has 2 aliphatic rings. The maximum atomic E-state index is 13.9. The minimum atomic E-state index is -0.443. The minimum Gasteiger partial charge on any atom is -0.381 e. The Balaban J connectivity index is 1.26. The molecule has 2 aliphatic heterocycles. The number of hydrogen-bond acceptors (Lipinski definition) is 3. The van der Waals surface area contributed by atoms with Crippen molar-refractivity contribution in [3.63, 3.8) is 0 Å². The number of likely N-dealkylation sites (tertiary alicyclic amines) is 1. The molecule has 0 saturated carbocycles. The molecule has 1 unspecified atom stereocenters. The fourth-order valence-corrected chi connectivity index (χ4v) is 5.72. The number of pyridine rings is 1. The number of fused-ring (bicyclic) bond motifs is 1. The van der Waals surface area contributed by atoms with Gasteiger partial charge in [0.25, 0.3) is 0 Å². The van der Waals surface area contributed by atoms with Gasteiger partial charge >= 0.3 is 0 Å². The first-order valence-electron chi connectivity index (χ1n) is 12.6. The van der Waals surface area contributed by atoms with Crippen molar-refractivity contribution in [1.82, 2.24) is 9.88 Å². The zero-order valence-corrected chi connectivity index (χ0v) is 19.7. The molecule has 1 amide bonds. The average Bonchev–Trinajstić information content (AvgIpc) is 3.11. The first-order valence-corrected chi connectivity index (χ1v) is 12.6. The monoisotopic (exact) mass is 460 g/mol. The van der Waals surface area contributed by atoms with Gasteiger partial charge in [-0.2, -0.15) is 0 Å². The lowest BCUT2D eigenvalue weighted by Gasteiger charge is -2.40. The van der Waals surface area contributed by atoms with E-state index < -0.39 is 5.41 Å². The van der Waals surface area contributed by atoms with E-state index in [1.54, 1.807) is 0 Å². The molecule has 4 nitrogen and oxygen atoms in total. The maximum Gasteiger partial charge on any atom is 0.229 e. The second-order valence-corrected chi connectivity index (χ2v) is 10.0. The smallest absolute Gasteiger partial charge is 0.229 e. The molecular weight excluding hydrogens is 427 g/mol. The molecule has 0 radical (unpaired) electrons. The molecule has 0 aliphatic carbocycles. The average molecular weight is 461 g/mol. The molecule has 1 aromatic heterocycles. The van der Waals surface area contributed by atoms with Crippen LogP contribution in [0.15, 0.2) is 60.9 Å². The van der Waals surface area contributed by atoms with Crippen LogP contribution in [-0.4, -0.2) is 42.1 Å². The van der Waals surface area contributed by atoms with Crippen molar-refractivity contribution >= 4 is 16.7 Å². The van der Waals surface area contributed by atoms with E-state index in [1.807, 2.05) is 30.6 Å². The molecule has 5 rings (SSSR count). The summed E-state index contributed by atoms with van der Waals surface area (Å²) in [4.78, 5) is 20.3. The van der Waals surface area contributed by atoms with E-state index in [9.17, 15) is 9.18 Å². The number of carbonyl (C=O) groups excluding carboxylic acids is 1. The highest BCUT2D eigenvalue weighted by molar-refractivity contribution is 5.83. The standard InChI is InChI=1S/C29H33FN2O2/c30-27-7-4-23(5-8-27)20-29(11-16-34-17-12-29)28(33)32-14-1-2-22(10-15-32)18-24-3-6-25-9-13-31-21-26(25)19-24/h3-9,13,19,21-22H,1-2,10-12,14-18,20H2. The van der Waals surface area contributed by atoms with Crippen LogP contribution in [0.2, 0.25) is 0 Å².